The molecule has 0 aliphatic rings. The molecule has 0 aliphatic heterocycles. The quantitative estimate of drug-likeness (QED) is 0.662. The predicted octanol–water partition coefficient (Wildman–Crippen LogP) is 2.02. The lowest BCUT2D eigenvalue weighted by molar-refractivity contribution is 0.621. The van der Waals surface area contributed by atoms with Gasteiger partial charge in [0.2, 0.25) is 0 Å². The summed E-state index contributed by atoms with van der Waals surface area (Å²) in [5, 5.41) is -0.115. The van der Waals surface area contributed by atoms with Crippen molar-refractivity contribution in [2.75, 3.05) is 5.73 Å². The minimum atomic E-state index is -0.568. The number of pyridine rings is 1. The summed E-state index contributed by atoms with van der Waals surface area (Å²) >= 11 is 5.42. The lowest BCUT2D eigenvalue weighted by atomic mass is 10.2. The molecule has 2 N–H and O–H groups in total. The van der Waals surface area contributed by atoms with E-state index in [0.29, 0.717) is 17.8 Å². The Labute approximate surface area is 69.2 Å². The van der Waals surface area contributed by atoms with Crippen molar-refractivity contribution in [2.45, 2.75) is 13.3 Å². The number of aromatic nitrogens is 1. The smallest absolute Gasteiger partial charge is 0.165 e. The van der Waals surface area contributed by atoms with E-state index in [1.54, 1.807) is 0 Å². The van der Waals surface area contributed by atoms with Gasteiger partial charge >= 0.3 is 0 Å². The molecule has 0 fully saturated rings. The van der Waals surface area contributed by atoms with Gasteiger partial charge in [-0.25, -0.2) is 9.37 Å². The van der Waals surface area contributed by atoms with Gasteiger partial charge in [-0.05, 0) is 6.42 Å². The second-order valence-electron chi connectivity index (χ2n) is 2.15. The van der Waals surface area contributed by atoms with E-state index in [9.17, 15) is 4.39 Å². The van der Waals surface area contributed by atoms with Crippen LogP contribution in [-0.2, 0) is 6.42 Å². The Morgan fingerprint density at radius 2 is 2.36 bits per heavy atom. The number of nitrogens with two attached hydrogens (primary N) is 1. The van der Waals surface area contributed by atoms with Gasteiger partial charge in [0.15, 0.2) is 11.0 Å². The summed E-state index contributed by atoms with van der Waals surface area (Å²) in [7, 11) is 0. The van der Waals surface area contributed by atoms with Crippen molar-refractivity contribution in [3.05, 3.63) is 22.7 Å². The third kappa shape index (κ3) is 1.60. The van der Waals surface area contributed by atoms with E-state index in [4.69, 9.17) is 17.3 Å². The molecule has 4 heteroatoms. The van der Waals surface area contributed by atoms with Gasteiger partial charge in [0.05, 0.1) is 11.4 Å². The van der Waals surface area contributed by atoms with Crippen LogP contribution in [-0.4, -0.2) is 4.98 Å². The summed E-state index contributed by atoms with van der Waals surface area (Å²) < 4.78 is 12.6. The van der Waals surface area contributed by atoms with Gasteiger partial charge < -0.3 is 5.73 Å². The Hall–Kier alpha value is -0.830. The number of hydrogen-bond acceptors (Lipinski definition) is 2. The van der Waals surface area contributed by atoms with E-state index in [1.165, 1.54) is 6.07 Å². The zero-order valence-electron chi connectivity index (χ0n) is 6.06. The van der Waals surface area contributed by atoms with Gasteiger partial charge in [0.25, 0.3) is 0 Å². The summed E-state index contributed by atoms with van der Waals surface area (Å²) in [4.78, 5) is 3.76. The fourth-order valence-electron chi connectivity index (χ4n) is 0.799. The van der Waals surface area contributed by atoms with E-state index in [1.807, 2.05) is 6.92 Å². The molecule has 0 saturated carbocycles. The Bertz CT molecular complexity index is 275. The van der Waals surface area contributed by atoms with Crippen molar-refractivity contribution in [3.63, 3.8) is 0 Å². The van der Waals surface area contributed by atoms with Crippen molar-refractivity contribution < 1.29 is 4.39 Å². The molecular weight excluding hydrogens is 167 g/mol. The van der Waals surface area contributed by atoms with Crippen LogP contribution in [0.25, 0.3) is 0 Å². The van der Waals surface area contributed by atoms with Gasteiger partial charge in [-0.3, -0.25) is 0 Å². The summed E-state index contributed by atoms with van der Waals surface area (Å²) in [5.41, 5.74) is 6.43. The number of nitrogen functional groups attached to an aromatic ring is 1. The molecule has 0 aliphatic carbocycles. The fourth-order valence-corrected chi connectivity index (χ4v) is 0.956. The number of halogens is 2. The van der Waals surface area contributed by atoms with Crippen LogP contribution in [0.5, 0.6) is 0 Å². The lowest BCUT2D eigenvalue weighted by Crippen LogP contribution is -1.98. The monoisotopic (exact) mass is 174 g/mol. The van der Waals surface area contributed by atoms with E-state index < -0.39 is 5.82 Å². The second kappa shape index (κ2) is 3.05. The normalized spacial score (nSPS) is 10.1. The second-order valence-corrected chi connectivity index (χ2v) is 2.51. The lowest BCUT2D eigenvalue weighted by Gasteiger charge is -2.01. The maximum Gasteiger partial charge on any atom is 0.165 e. The van der Waals surface area contributed by atoms with Crippen LogP contribution in [0, 0.1) is 5.82 Å². The van der Waals surface area contributed by atoms with Crippen LogP contribution >= 0.6 is 11.6 Å². The molecule has 0 spiro atoms. The first-order chi connectivity index (χ1) is 5.15. The third-order valence-corrected chi connectivity index (χ3v) is 1.65. The first kappa shape index (κ1) is 8.27. The molecular formula is C7H8ClFN2. The maximum absolute atomic E-state index is 12.6. The average molecular weight is 175 g/mol. The molecule has 1 rings (SSSR count). The number of anilines is 1. The van der Waals surface area contributed by atoms with Crippen LogP contribution in [0.3, 0.4) is 0 Å². The minimum Gasteiger partial charge on any atom is -0.397 e. The number of nitrogens with zero attached hydrogens (tertiary/aromatic N) is 1. The zero-order chi connectivity index (χ0) is 8.43. The molecule has 0 amide bonds. The molecule has 1 aromatic rings. The summed E-state index contributed by atoms with van der Waals surface area (Å²) in [6, 6.07) is 1.19. The molecule has 0 bridgehead atoms. The Balaban J connectivity index is 3.21. The first-order valence-electron chi connectivity index (χ1n) is 3.25. The largest absolute Gasteiger partial charge is 0.397 e. The molecule has 1 heterocycles. The van der Waals surface area contributed by atoms with E-state index >= 15 is 0 Å². The van der Waals surface area contributed by atoms with Crippen molar-refractivity contribution in [1.82, 2.24) is 4.98 Å². The van der Waals surface area contributed by atoms with Crippen LogP contribution in [0.15, 0.2) is 6.07 Å². The third-order valence-electron chi connectivity index (χ3n) is 1.38. The van der Waals surface area contributed by atoms with Crippen LogP contribution in [0.2, 0.25) is 5.15 Å². The van der Waals surface area contributed by atoms with Crippen LogP contribution in [0.4, 0.5) is 10.1 Å². The van der Waals surface area contributed by atoms with Crippen molar-refractivity contribution >= 4 is 17.3 Å². The van der Waals surface area contributed by atoms with E-state index in [-0.39, 0.29) is 5.15 Å². The molecule has 0 aromatic carbocycles. The topological polar surface area (TPSA) is 38.9 Å². The van der Waals surface area contributed by atoms with Crippen molar-refractivity contribution in [1.29, 1.82) is 0 Å². The standard InChI is InChI=1S/C7H8ClFN2/c1-2-6-5(10)3-4(9)7(8)11-6/h3H,2,10H2,1H3. The number of rotatable bonds is 1. The summed E-state index contributed by atoms with van der Waals surface area (Å²) in [6.07, 6.45) is 0.659. The van der Waals surface area contributed by atoms with Gasteiger partial charge in [0, 0.05) is 6.07 Å². The van der Waals surface area contributed by atoms with Crippen molar-refractivity contribution in [2.24, 2.45) is 0 Å². The number of aryl methyl sites for hydroxylation is 1. The summed E-state index contributed by atoms with van der Waals surface area (Å²) in [6.45, 7) is 1.88. The molecule has 2 nitrogen and oxygen atoms in total. The van der Waals surface area contributed by atoms with Crippen LogP contribution in [0.1, 0.15) is 12.6 Å². The maximum atomic E-state index is 12.6. The zero-order valence-corrected chi connectivity index (χ0v) is 6.82. The van der Waals surface area contributed by atoms with E-state index in [0.717, 1.165) is 0 Å². The summed E-state index contributed by atoms with van der Waals surface area (Å²) in [5.74, 6) is -0.568. The molecule has 0 saturated heterocycles. The highest BCUT2D eigenvalue weighted by Crippen LogP contribution is 2.17. The fraction of sp³-hybridized carbons (Fsp3) is 0.286. The Kier molecular flexibility index (Phi) is 2.29. The highest BCUT2D eigenvalue weighted by molar-refractivity contribution is 6.29. The van der Waals surface area contributed by atoms with E-state index in [2.05, 4.69) is 4.98 Å². The minimum absolute atomic E-state index is 0.115. The molecule has 0 radical (unpaired) electrons. The SMILES string of the molecule is CCc1nc(Cl)c(F)cc1N. The Morgan fingerprint density at radius 1 is 1.73 bits per heavy atom. The molecule has 0 unspecified atom stereocenters. The molecule has 11 heavy (non-hydrogen) atoms. The molecule has 60 valence electrons. The van der Waals surface area contributed by atoms with Gasteiger partial charge in [0.1, 0.15) is 0 Å². The van der Waals surface area contributed by atoms with Gasteiger partial charge in [-0.2, -0.15) is 0 Å². The Morgan fingerprint density at radius 3 is 2.91 bits per heavy atom. The highest BCUT2D eigenvalue weighted by atomic mass is 35.5. The average Bonchev–Trinajstić information content (AvgIpc) is 1.97. The van der Waals surface area contributed by atoms with Gasteiger partial charge in [-0.15, -0.1) is 0 Å². The van der Waals surface area contributed by atoms with Gasteiger partial charge in [-0.1, -0.05) is 18.5 Å². The number of hydrogen-bond donors (Lipinski definition) is 1. The molecule has 1 aromatic heterocycles. The van der Waals surface area contributed by atoms with Crippen molar-refractivity contribution in [3.8, 4) is 0 Å². The predicted molar refractivity (Wildman–Crippen MR) is 43.0 cm³/mol. The first-order valence-corrected chi connectivity index (χ1v) is 3.63. The highest BCUT2D eigenvalue weighted by Gasteiger charge is 2.05. The van der Waals surface area contributed by atoms with Crippen LogP contribution < -0.4 is 5.73 Å². The molecule has 0 atom stereocenters.